The quantitative estimate of drug-likeness (QED) is 0.294. The molecule has 1 aliphatic rings. The molecule has 0 aliphatic carbocycles. The minimum absolute atomic E-state index is 0.0818. The molecule has 1 saturated heterocycles. The molecule has 1 aliphatic heterocycles. The van der Waals surface area contributed by atoms with Crippen LogP contribution in [0.3, 0.4) is 0 Å². The van der Waals surface area contributed by atoms with Gasteiger partial charge in [-0.15, -0.1) is 0 Å². The van der Waals surface area contributed by atoms with Crippen LogP contribution in [0.15, 0.2) is 60.7 Å². The van der Waals surface area contributed by atoms with Crippen LogP contribution in [0.25, 0.3) is 0 Å². The molecule has 1 fully saturated rings. The van der Waals surface area contributed by atoms with E-state index in [4.69, 9.17) is 26.2 Å². The second kappa shape index (κ2) is 14.1. The second-order valence-electron chi connectivity index (χ2n) is 9.71. The molecule has 9 nitrogen and oxygen atoms in total. The van der Waals surface area contributed by atoms with Crippen LogP contribution in [-0.4, -0.2) is 59.9 Å². The SMILES string of the molecule is COc1ccc(C[C@@H](NC(=O)C=CCC2O[C@@H](c3ccccc3)C(O)[C@H]2C)C(=O)NC[C@@H](C)C(=O)O)cc1Cl. The lowest BCUT2D eigenvalue weighted by Crippen LogP contribution is -2.48. The largest absolute Gasteiger partial charge is 0.495 e. The lowest BCUT2D eigenvalue weighted by Gasteiger charge is -2.19. The number of ether oxygens (including phenoxy) is 2. The maximum absolute atomic E-state index is 12.9. The normalized spacial score (nSPS) is 22.3. The topological polar surface area (TPSA) is 134 Å². The zero-order valence-electron chi connectivity index (χ0n) is 22.2. The van der Waals surface area contributed by atoms with E-state index < -0.39 is 42.0 Å². The van der Waals surface area contributed by atoms with Gasteiger partial charge in [-0.25, -0.2) is 0 Å². The summed E-state index contributed by atoms with van der Waals surface area (Å²) in [7, 11) is 1.49. The van der Waals surface area contributed by atoms with Gasteiger partial charge in [0.05, 0.1) is 30.3 Å². The fourth-order valence-electron chi connectivity index (χ4n) is 4.35. The molecule has 2 unspecified atom stereocenters. The molecule has 10 heteroatoms. The Morgan fingerprint density at radius 3 is 2.54 bits per heavy atom. The van der Waals surface area contributed by atoms with Gasteiger partial charge in [0.25, 0.3) is 0 Å². The highest BCUT2D eigenvalue weighted by Crippen LogP contribution is 2.38. The van der Waals surface area contributed by atoms with E-state index in [9.17, 15) is 19.5 Å². The molecule has 3 rings (SSSR count). The van der Waals surface area contributed by atoms with Gasteiger partial charge < -0.3 is 30.3 Å². The van der Waals surface area contributed by atoms with E-state index >= 15 is 0 Å². The van der Waals surface area contributed by atoms with Crippen molar-refractivity contribution in [1.29, 1.82) is 0 Å². The number of amides is 2. The maximum atomic E-state index is 12.9. The monoisotopic (exact) mass is 558 g/mol. The van der Waals surface area contributed by atoms with Crippen molar-refractivity contribution in [2.45, 2.75) is 51.0 Å². The van der Waals surface area contributed by atoms with Crippen LogP contribution in [0.4, 0.5) is 0 Å². The van der Waals surface area contributed by atoms with Gasteiger partial charge >= 0.3 is 5.97 Å². The number of rotatable bonds is 12. The number of benzene rings is 2. The Bertz CT molecular complexity index is 1170. The number of carbonyl (C=O) groups excluding carboxylic acids is 2. The van der Waals surface area contributed by atoms with Crippen LogP contribution < -0.4 is 15.4 Å². The number of aliphatic carboxylic acids is 1. The van der Waals surface area contributed by atoms with Crippen molar-refractivity contribution < 1.29 is 34.1 Å². The standard InChI is InChI=1S/C29H35ClN2O7/c1-17(29(36)37)16-31-28(35)22(15-19-12-13-24(38-3)21(30)14-19)32-25(33)11-7-10-23-18(2)26(34)27(39-23)20-8-5-4-6-9-20/h4-9,11-14,17-18,22-23,26-27,34H,10,15-16H2,1-3H3,(H,31,35)(H,32,33)(H,36,37)/t17-,18+,22-,23?,26?,27+/m1/s1. The van der Waals surface area contributed by atoms with Crippen LogP contribution in [0.5, 0.6) is 5.75 Å². The van der Waals surface area contributed by atoms with Gasteiger partial charge in [-0.2, -0.15) is 0 Å². The van der Waals surface area contributed by atoms with E-state index in [1.54, 1.807) is 24.3 Å². The third-order valence-electron chi connectivity index (χ3n) is 6.82. The van der Waals surface area contributed by atoms with Gasteiger partial charge in [-0.1, -0.05) is 67.9 Å². The summed E-state index contributed by atoms with van der Waals surface area (Å²) in [6.07, 6.45) is 2.12. The van der Waals surface area contributed by atoms with Crippen molar-refractivity contribution in [2.75, 3.05) is 13.7 Å². The molecule has 4 N–H and O–H groups in total. The average Bonchev–Trinajstić information content (AvgIpc) is 3.20. The van der Waals surface area contributed by atoms with Crippen molar-refractivity contribution >= 4 is 29.4 Å². The highest BCUT2D eigenvalue weighted by atomic mass is 35.5. The van der Waals surface area contributed by atoms with E-state index in [1.165, 1.54) is 20.1 Å². The van der Waals surface area contributed by atoms with E-state index in [2.05, 4.69) is 10.6 Å². The molecule has 2 aromatic carbocycles. The predicted octanol–water partition coefficient (Wildman–Crippen LogP) is 3.30. The van der Waals surface area contributed by atoms with Crippen LogP contribution in [0, 0.1) is 11.8 Å². The first-order chi connectivity index (χ1) is 18.6. The zero-order chi connectivity index (χ0) is 28.5. The lowest BCUT2D eigenvalue weighted by atomic mass is 9.94. The van der Waals surface area contributed by atoms with E-state index in [1.807, 2.05) is 37.3 Å². The Labute approximate surface area is 233 Å². The number of aliphatic hydroxyl groups excluding tert-OH is 1. The number of hydrogen-bond donors (Lipinski definition) is 4. The van der Waals surface area contributed by atoms with Crippen molar-refractivity contribution in [3.8, 4) is 5.75 Å². The van der Waals surface area contributed by atoms with Crippen molar-refractivity contribution in [3.05, 3.63) is 76.8 Å². The van der Waals surface area contributed by atoms with Gasteiger partial charge in [0, 0.05) is 18.9 Å². The molecular weight excluding hydrogens is 524 g/mol. The molecule has 210 valence electrons. The third kappa shape index (κ3) is 8.29. The minimum Gasteiger partial charge on any atom is -0.495 e. The Morgan fingerprint density at radius 1 is 1.18 bits per heavy atom. The van der Waals surface area contributed by atoms with Crippen LogP contribution >= 0.6 is 11.6 Å². The predicted molar refractivity (Wildman–Crippen MR) is 146 cm³/mol. The molecular formula is C29H35ClN2O7. The number of halogens is 1. The molecule has 2 aromatic rings. The first kappa shape index (κ1) is 30.1. The molecule has 0 aromatic heterocycles. The second-order valence-corrected chi connectivity index (χ2v) is 10.1. The molecule has 2 amide bonds. The van der Waals surface area contributed by atoms with E-state index in [-0.39, 0.29) is 25.0 Å². The van der Waals surface area contributed by atoms with Crippen molar-refractivity contribution in [3.63, 3.8) is 0 Å². The zero-order valence-corrected chi connectivity index (χ0v) is 22.9. The van der Waals surface area contributed by atoms with Gasteiger partial charge in [-0.05, 0) is 35.8 Å². The molecule has 0 bridgehead atoms. The van der Waals surface area contributed by atoms with Gasteiger partial charge in [0.2, 0.25) is 11.8 Å². The van der Waals surface area contributed by atoms with Crippen LogP contribution in [-0.2, 0) is 25.5 Å². The average molecular weight is 559 g/mol. The number of carboxylic acids is 1. The molecule has 6 atom stereocenters. The Morgan fingerprint density at radius 2 is 1.90 bits per heavy atom. The number of carboxylic acid groups (broad SMARTS) is 1. The molecule has 0 radical (unpaired) electrons. The number of nitrogens with one attached hydrogen (secondary N) is 2. The Balaban J connectivity index is 1.64. The summed E-state index contributed by atoms with van der Waals surface area (Å²) in [6.45, 7) is 3.31. The highest BCUT2D eigenvalue weighted by molar-refractivity contribution is 6.32. The molecule has 0 saturated carbocycles. The smallest absolute Gasteiger partial charge is 0.308 e. The number of aliphatic hydroxyl groups is 1. The minimum atomic E-state index is -1.04. The molecule has 0 spiro atoms. The third-order valence-corrected chi connectivity index (χ3v) is 7.11. The molecule has 1 heterocycles. The van der Waals surface area contributed by atoms with Crippen LogP contribution in [0.2, 0.25) is 5.02 Å². The summed E-state index contributed by atoms with van der Waals surface area (Å²) in [5.74, 6) is -2.50. The summed E-state index contributed by atoms with van der Waals surface area (Å²) < 4.78 is 11.3. The van der Waals surface area contributed by atoms with Crippen molar-refractivity contribution in [2.24, 2.45) is 11.8 Å². The lowest BCUT2D eigenvalue weighted by molar-refractivity contribution is -0.141. The van der Waals surface area contributed by atoms with E-state index in [0.717, 1.165) is 5.56 Å². The first-order valence-electron chi connectivity index (χ1n) is 12.8. The van der Waals surface area contributed by atoms with Gasteiger partial charge in [0.1, 0.15) is 17.9 Å². The maximum Gasteiger partial charge on any atom is 0.308 e. The number of methoxy groups -OCH3 is 1. The summed E-state index contributed by atoms with van der Waals surface area (Å²) in [4.78, 5) is 36.8. The number of hydrogen-bond acceptors (Lipinski definition) is 6. The van der Waals surface area contributed by atoms with E-state index in [0.29, 0.717) is 22.8 Å². The summed E-state index contributed by atoms with van der Waals surface area (Å²) >= 11 is 6.22. The summed E-state index contributed by atoms with van der Waals surface area (Å²) in [5, 5.41) is 25.4. The highest BCUT2D eigenvalue weighted by Gasteiger charge is 2.40. The van der Waals surface area contributed by atoms with Gasteiger partial charge in [-0.3, -0.25) is 14.4 Å². The van der Waals surface area contributed by atoms with Crippen LogP contribution in [0.1, 0.15) is 37.5 Å². The van der Waals surface area contributed by atoms with Crippen molar-refractivity contribution in [1.82, 2.24) is 10.6 Å². The first-order valence-corrected chi connectivity index (χ1v) is 13.2. The summed E-state index contributed by atoms with van der Waals surface area (Å²) in [6, 6.07) is 13.6. The Hall–Kier alpha value is -3.40. The molecule has 39 heavy (non-hydrogen) atoms. The van der Waals surface area contributed by atoms with Gasteiger partial charge in [0.15, 0.2) is 0 Å². The summed E-state index contributed by atoms with van der Waals surface area (Å²) in [5.41, 5.74) is 1.58. The fourth-order valence-corrected chi connectivity index (χ4v) is 4.63. The Kier molecular flexibility index (Phi) is 10.9. The number of carbonyl (C=O) groups is 3. The fraction of sp³-hybridized carbons (Fsp3) is 0.414.